The van der Waals surface area contributed by atoms with E-state index in [1.54, 1.807) is 6.07 Å². The zero-order chi connectivity index (χ0) is 23.2. The number of amides is 1. The fourth-order valence-electron chi connectivity index (χ4n) is 4.16. The van der Waals surface area contributed by atoms with Crippen LogP contribution in [-0.4, -0.2) is 31.5 Å². The van der Waals surface area contributed by atoms with E-state index in [-0.39, 0.29) is 16.7 Å². The number of halogens is 3. The van der Waals surface area contributed by atoms with Crippen LogP contribution in [0.5, 0.6) is 0 Å². The van der Waals surface area contributed by atoms with E-state index in [0.29, 0.717) is 24.9 Å². The number of carbonyl (C=O) groups is 1. The first kappa shape index (κ1) is 21.8. The Hall–Kier alpha value is -3.43. The van der Waals surface area contributed by atoms with Crippen LogP contribution in [0, 0.1) is 0 Å². The molecule has 1 aromatic carbocycles. The summed E-state index contributed by atoms with van der Waals surface area (Å²) in [7, 11) is 2.81. The minimum Gasteiger partial charge on any atom is -0.330 e. The Morgan fingerprint density at radius 3 is 2.53 bits per heavy atom. The van der Waals surface area contributed by atoms with Crippen LogP contribution in [0.3, 0.4) is 0 Å². The molecule has 2 aromatic heterocycles. The molecule has 0 spiro atoms. The first-order chi connectivity index (χ1) is 15.1. The summed E-state index contributed by atoms with van der Waals surface area (Å²) in [5.74, 6) is -0.456. The van der Waals surface area contributed by atoms with Gasteiger partial charge in [-0.3, -0.25) is 18.7 Å². The van der Waals surface area contributed by atoms with E-state index in [1.165, 1.54) is 41.8 Å². The quantitative estimate of drug-likeness (QED) is 0.607. The summed E-state index contributed by atoms with van der Waals surface area (Å²) < 4.78 is 41.7. The maximum atomic E-state index is 13.3. The SMILES string of the molecule is Cn1c(=O)c2ccc(C(=O)N3CCCCC3c3cccc(C(F)(F)F)c3)nc2n(C)c1=O. The van der Waals surface area contributed by atoms with Crippen LogP contribution in [0.15, 0.2) is 46.0 Å². The highest BCUT2D eigenvalue weighted by atomic mass is 19.4. The predicted molar refractivity (Wildman–Crippen MR) is 111 cm³/mol. The van der Waals surface area contributed by atoms with Gasteiger partial charge in [-0.2, -0.15) is 13.2 Å². The number of likely N-dealkylation sites (tertiary alicyclic amines) is 1. The molecule has 1 aliphatic rings. The van der Waals surface area contributed by atoms with Gasteiger partial charge >= 0.3 is 11.9 Å². The predicted octanol–water partition coefficient (Wildman–Crippen LogP) is 3.02. The summed E-state index contributed by atoms with van der Waals surface area (Å²) >= 11 is 0. The third kappa shape index (κ3) is 3.69. The monoisotopic (exact) mass is 446 g/mol. The van der Waals surface area contributed by atoms with Crippen molar-refractivity contribution >= 4 is 16.9 Å². The van der Waals surface area contributed by atoms with Crippen LogP contribution in [0.2, 0.25) is 0 Å². The number of piperidine rings is 1. The maximum absolute atomic E-state index is 13.3. The summed E-state index contributed by atoms with van der Waals surface area (Å²) in [4.78, 5) is 43.7. The standard InChI is InChI=1S/C22H21F3N4O3/c1-27-18-15(19(30)28(2)21(27)32)9-10-16(26-18)20(31)29-11-4-3-8-17(29)13-6-5-7-14(12-13)22(23,24)25/h5-7,9-10,12,17H,3-4,8,11H2,1-2H3. The van der Waals surface area contributed by atoms with Crippen molar-refractivity contribution in [2.45, 2.75) is 31.5 Å². The molecule has 1 aliphatic heterocycles. The zero-order valence-electron chi connectivity index (χ0n) is 17.5. The number of rotatable bonds is 2. The third-order valence-corrected chi connectivity index (χ3v) is 5.88. The second kappa shape index (κ2) is 7.92. The van der Waals surface area contributed by atoms with Gasteiger partial charge in [0.15, 0.2) is 0 Å². The van der Waals surface area contributed by atoms with Crippen molar-refractivity contribution in [2.75, 3.05) is 6.54 Å². The molecule has 1 fully saturated rings. The fraction of sp³-hybridized carbons (Fsp3) is 0.364. The lowest BCUT2D eigenvalue weighted by atomic mass is 9.93. The molecule has 0 aliphatic carbocycles. The molecule has 4 rings (SSSR count). The van der Waals surface area contributed by atoms with Crippen LogP contribution >= 0.6 is 0 Å². The van der Waals surface area contributed by atoms with Gasteiger partial charge in [0.1, 0.15) is 11.3 Å². The van der Waals surface area contributed by atoms with Crippen molar-refractivity contribution in [3.8, 4) is 0 Å². The van der Waals surface area contributed by atoms with Gasteiger partial charge in [0.25, 0.3) is 11.5 Å². The van der Waals surface area contributed by atoms with E-state index in [9.17, 15) is 27.6 Å². The first-order valence-corrected chi connectivity index (χ1v) is 10.1. The molecule has 3 heterocycles. The number of hydrogen-bond donors (Lipinski definition) is 0. The normalized spacial score (nSPS) is 17.0. The highest BCUT2D eigenvalue weighted by Gasteiger charge is 2.34. The Kier molecular flexibility index (Phi) is 5.39. The van der Waals surface area contributed by atoms with E-state index < -0.39 is 34.9 Å². The number of benzene rings is 1. The minimum atomic E-state index is -4.48. The van der Waals surface area contributed by atoms with E-state index >= 15 is 0 Å². The molecule has 0 N–H and O–H groups in total. The van der Waals surface area contributed by atoms with Gasteiger partial charge in [-0.05, 0) is 49.1 Å². The fourth-order valence-corrected chi connectivity index (χ4v) is 4.16. The number of aryl methyl sites for hydroxylation is 1. The van der Waals surface area contributed by atoms with Gasteiger partial charge in [-0.25, -0.2) is 9.78 Å². The highest BCUT2D eigenvalue weighted by Crippen LogP contribution is 2.36. The van der Waals surface area contributed by atoms with E-state index in [0.717, 1.165) is 23.1 Å². The van der Waals surface area contributed by atoms with Gasteiger partial charge in [-0.1, -0.05) is 12.1 Å². The van der Waals surface area contributed by atoms with Gasteiger partial charge in [0.2, 0.25) is 0 Å². The van der Waals surface area contributed by atoms with Crippen molar-refractivity contribution in [1.29, 1.82) is 0 Å². The van der Waals surface area contributed by atoms with Gasteiger partial charge in [0.05, 0.1) is 17.0 Å². The molecule has 0 bridgehead atoms. The van der Waals surface area contributed by atoms with Crippen LogP contribution in [0.4, 0.5) is 13.2 Å². The van der Waals surface area contributed by atoms with Crippen molar-refractivity contribution in [1.82, 2.24) is 19.0 Å². The van der Waals surface area contributed by atoms with Crippen molar-refractivity contribution < 1.29 is 18.0 Å². The highest BCUT2D eigenvalue weighted by molar-refractivity contribution is 5.94. The summed E-state index contributed by atoms with van der Waals surface area (Å²) in [5.41, 5.74) is -1.33. The summed E-state index contributed by atoms with van der Waals surface area (Å²) in [5, 5.41) is 0.194. The molecule has 0 saturated carbocycles. The number of aromatic nitrogens is 3. The van der Waals surface area contributed by atoms with Crippen LogP contribution < -0.4 is 11.2 Å². The Bertz CT molecular complexity index is 1330. The molecule has 1 unspecified atom stereocenters. The Balaban J connectivity index is 1.75. The summed E-state index contributed by atoms with van der Waals surface area (Å²) in [6, 6.07) is 7.35. The Morgan fingerprint density at radius 2 is 1.81 bits per heavy atom. The Morgan fingerprint density at radius 1 is 1.06 bits per heavy atom. The van der Waals surface area contributed by atoms with Crippen molar-refractivity contribution in [3.05, 3.63) is 74.1 Å². The lowest BCUT2D eigenvalue weighted by molar-refractivity contribution is -0.137. The second-order valence-electron chi connectivity index (χ2n) is 7.91. The molecular formula is C22H21F3N4O3. The average Bonchev–Trinajstić information content (AvgIpc) is 2.80. The van der Waals surface area contributed by atoms with Crippen LogP contribution in [0.1, 0.15) is 46.9 Å². The molecular weight excluding hydrogens is 425 g/mol. The molecule has 7 nitrogen and oxygen atoms in total. The van der Waals surface area contributed by atoms with Gasteiger partial charge in [-0.15, -0.1) is 0 Å². The molecule has 168 valence electrons. The Labute approximate surface area is 180 Å². The van der Waals surface area contributed by atoms with E-state index in [2.05, 4.69) is 4.98 Å². The number of nitrogens with zero attached hydrogens (tertiary/aromatic N) is 4. The van der Waals surface area contributed by atoms with E-state index in [4.69, 9.17) is 0 Å². The number of hydrogen-bond acceptors (Lipinski definition) is 4. The number of pyridine rings is 1. The molecule has 10 heteroatoms. The molecule has 1 atom stereocenters. The zero-order valence-corrected chi connectivity index (χ0v) is 17.5. The molecule has 1 amide bonds. The molecule has 32 heavy (non-hydrogen) atoms. The van der Waals surface area contributed by atoms with Crippen molar-refractivity contribution in [2.24, 2.45) is 14.1 Å². The van der Waals surface area contributed by atoms with Crippen LogP contribution in [0.25, 0.3) is 11.0 Å². The van der Waals surface area contributed by atoms with E-state index in [1.807, 2.05) is 0 Å². The second-order valence-corrected chi connectivity index (χ2v) is 7.91. The topological polar surface area (TPSA) is 77.2 Å². The van der Waals surface area contributed by atoms with Crippen LogP contribution in [-0.2, 0) is 20.3 Å². The van der Waals surface area contributed by atoms with Gasteiger partial charge < -0.3 is 4.90 Å². The molecule has 0 radical (unpaired) electrons. The number of alkyl halides is 3. The summed E-state index contributed by atoms with van der Waals surface area (Å²) in [6.07, 6.45) is -2.45. The number of carbonyl (C=O) groups excluding carboxylic acids is 1. The first-order valence-electron chi connectivity index (χ1n) is 10.1. The number of fused-ring (bicyclic) bond motifs is 1. The minimum absolute atomic E-state index is 0.0274. The summed E-state index contributed by atoms with van der Waals surface area (Å²) in [6.45, 7) is 0.370. The van der Waals surface area contributed by atoms with Crippen molar-refractivity contribution in [3.63, 3.8) is 0 Å². The largest absolute Gasteiger partial charge is 0.416 e. The molecule has 1 saturated heterocycles. The lowest BCUT2D eigenvalue weighted by Gasteiger charge is -2.36. The molecule has 3 aromatic rings. The third-order valence-electron chi connectivity index (χ3n) is 5.88. The van der Waals surface area contributed by atoms with Gasteiger partial charge in [0, 0.05) is 20.6 Å². The average molecular weight is 446 g/mol. The lowest BCUT2D eigenvalue weighted by Crippen LogP contribution is -2.40. The smallest absolute Gasteiger partial charge is 0.330 e. The maximum Gasteiger partial charge on any atom is 0.416 e.